The van der Waals surface area contributed by atoms with Crippen molar-refractivity contribution in [2.24, 2.45) is 0 Å². The summed E-state index contributed by atoms with van der Waals surface area (Å²) in [5.41, 5.74) is 1.40. The predicted molar refractivity (Wildman–Crippen MR) is 127 cm³/mol. The van der Waals surface area contributed by atoms with Gasteiger partial charge in [-0.15, -0.1) is 0 Å². The quantitative estimate of drug-likeness (QED) is 0.515. The molecule has 2 aromatic carbocycles. The topological polar surface area (TPSA) is 72.2 Å². The van der Waals surface area contributed by atoms with E-state index in [1.54, 1.807) is 30.2 Å². The van der Waals surface area contributed by atoms with Crippen molar-refractivity contribution in [3.05, 3.63) is 69.6 Å². The third kappa shape index (κ3) is 4.46. The van der Waals surface area contributed by atoms with Gasteiger partial charge in [0.25, 0.3) is 5.91 Å². The van der Waals surface area contributed by atoms with Gasteiger partial charge in [-0.2, -0.15) is 0 Å². The monoisotopic (exact) mass is 450 g/mol. The first-order chi connectivity index (χ1) is 15.8. The van der Waals surface area contributed by atoms with E-state index in [0.717, 1.165) is 24.3 Å². The lowest BCUT2D eigenvalue weighted by atomic mass is 9.98. The lowest BCUT2D eigenvalue weighted by molar-refractivity contribution is 0.0722. The molecule has 0 saturated heterocycles. The van der Waals surface area contributed by atoms with Crippen LogP contribution in [0.2, 0.25) is 0 Å². The Balaban J connectivity index is 1.82. The molecule has 1 amide bonds. The minimum Gasteiger partial charge on any atom is -0.497 e. The minimum absolute atomic E-state index is 0.0579. The van der Waals surface area contributed by atoms with Crippen molar-refractivity contribution in [1.82, 2.24) is 9.80 Å². The van der Waals surface area contributed by atoms with Crippen LogP contribution in [0.15, 0.2) is 51.7 Å². The number of ether oxygens (including phenoxy) is 2. The molecule has 1 atom stereocenters. The van der Waals surface area contributed by atoms with Crippen LogP contribution in [-0.4, -0.2) is 56.1 Å². The number of carbonyl (C=O) groups is 1. The zero-order valence-electron chi connectivity index (χ0n) is 19.8. The molecule has 1 aliphatic heterocycles. The second-order valence-corrected chi connectivity index (χ2v) is 8.83. The van der Waals surface area contributed by atoms with Crippen LogP contribution in [0.5, 0.6) is 11.5 Å². The number of benzene rings is 2. The van der Waals surface area contributed by atoms with Crippen LogP contribution in [0.4, 0.5) is 0 Å². The third-order valence-corrected chi connectivity index (χ3v) is 5.75. The molecule has 7 heteroatoms. The first-order valence-corrected chi connectivity index (χ1v) is 11.2. The van der Waals surface area contributed by atoms with Crippen molar-refractivity contribution in [1.29, 1.82) is 0 Å². The molecular weight excluding hydrogens is 420 g/mol. The number of hydrogen-bond acceptors (Lipinski definition) is 6. The largest absolute Gasteiger partial charge is 0.497 e. The Labute approximate surface area is 193 Å². The molecule has 4 rings (SSSR count). The maximum Gasteiger partial charge on any atom is 0.290 e. The van der Waals surface area contributed by atoms with E-state index in [9.17, 15) is 9.59 Å². The highest BCUT2D eigenvalue weighted by atomic mass is 16.5. The molecule has 0 saturated carbocycles. The Bertz CT molecular complexity index is 1210. The summed E-state index contributed by atoms with van der Waals surface area (Å²) in [6.45, 7) is 5.28. The highest BCUT2D eigenvalue weighted by Crippen LogP contribution is 2.39. The van der Waals surface area contributed by atoms with Gasteiger partial charge in [0.15, 0.2) is 5.43 Å². The molecule has 1 aromatic heterocycles. The molecule has 1 unspecified atom stereocenters. The van der Waals surface area contributed by atoms with Gasteiger partial charge in [0.1, 0.15) is 17.1 Å². The molecule has 0 bridgehead atoms. The van der Waals surface area contributed by atoms with Crippen LogP contribution in [0.25, 0.3) is 11.0 Å². The van der Waals surface area contributed by atoms with Gasteiger partial charge < -0.3 is 23.7 Å². The molecular formula is C26H30N2O5. The summed E-state index contributed by atoms with van der Waals surface area (Å²) in [4.78, 5) is 30.8. The molecule has 1 aliphatic rings. The van der Waals surface area contributed by atoms with Crippen LogP contribution in [0, 0.1) is 0 Å². The Kier molecular flexibility index (Phi) is 6.42. The highest BCUT2D eigenvalue weighted by molar-refractivity contribution is 5.99. The second kappa shape index (κ2) is 9.27. The summed E-state index contributed by atoms with van der Waals surface area (Å²) in [5.74, 6) is 1.16. The fourth-order valence-corrected chi connectivity index (χ4v) is 4.26. The van der Waals surface area contributed by atoms with Crippen LogP contribution >= 0.6 is 0 Å². The summed E-state index contributed by atoms with van der Waals surface area (Å²) in [7, 11) is 5.54. The molecule has 2 heterocycles. The van der Waals surface area contributed by atoms with E-state index in [0.29, 0.717) is 28.8 Å². The van der Waals surface area contributed by atoms with Crippen molar-refractivity contribution in [2.75, 3.05) is 34.3 Å². The Hall–Kier alpha value is -3.32. The van der Waals surface area contributed by atoms with Crippen molar-refractivity contribution in [3.63, 3.8) is 0 Å². The minimum atomic E-state index is -0.509. The van der Waals surface area contributed by atoms with Gasteiger partial charge >= 0.3 is 0 Å². The second-order valence-electron chi connectivity index (χ2n) is 8.83. The van der Waals surface area contributed by atoms with Crippen molar-refractivity contribution in [3.8, 4) is 11.5 Å². The summed E-state index contributed by atoms with van der Waals surface area (Å²) in [5, 5.41) is 0.433. The lowest BCUT2D eigenvalue weighted by Gasteiger charge is -2.26. The third-order valence-electron chi connectivity index (χ3n) is 5.75. The van der Waals surface area contributed by atoms with E-state index in [4.69, 9.17) is 13.9 Å². The van der Waals surface area contributed by atoms with Crippen LogP contribution in [-0.2, 0) is 0 Å². The zero-order chi connectivity index (χ0) is 23.7. The fourth-order valence-electron chi connectivity index (χ4n) is 4.26. The Morgan fingerprint density at radius 1 is 1.06 bits per heavy atom. The first kappa shape index (κ1) is 22.9. The highest BCUT2D eigenvalue weighted by Gasteiger charge is 2.42. The van der Waals surface area contributed by atoms with Crippen LogP contribution in [0.3, 0.4) is 0 Å². The fraction of sp³-hybridized carbons (Fsp3) is 0.385. The average molecular weight is 451 g/mol. The van der Waals surface area contributed by atoms with E-state index in [1.165, 1.54) is 0 Å². The molecule has 0 N–H and O–H groups in total. The van der Waals surface area contributed by atoms with Crippen LogP contribution < -0.4 is 14.9 Å². The Morgan fingerprint density at radius 2 is 1.76 bits per heavy atom. The molecule has 0 spiro atoms. The zero-order valence-corrected chi connectivity index (χ0v) is 19.8. The number of nitrogens with zero attached hydrogens (tertiary/aromatic N) is 2. The SMILES string of the molecule is COc1ccc2c(=O)c3c(oc2c1)C(=O)N(CCCN(C)C)C3c1ccc(OC(C)C)cc1. The first-order valence-electron chi connectivity index (χ1n) is 11.2. The normalized spacial score (nSPS) is 15.5. The van der Waals surface area contributed by atoms with Crippen LogP contribution in [0.1, 0.15) is 48.0 Å². The summed E-state index contributed by atoms with van der Waals surface area (Å²) in [6, 6.07) is 12.1. The Morgan fingerprint density at radius 3 is 2.39 bits per heavy atom. The smallest absolute Gasteiger partial charge is 0.290 e. The predicted octanol–water partition coefficient (Wildman–Crippen LogP) is 4.09. The van der Waals surface area contributed by atoms with E-state index in [-0.39, 0.29) is 23.2 Å². The number of fused-ring (bicyclic) bond motifs is 2. The van der Waals surface area contributed by atoms with Crippen molar-refractivity contribution >= 4 is 16.9 Å². The van der Waals surface area contributed by atoms with E-state index in [1.807, 2.05) is 52.2 Å². The van der Waals surface area contributed by atoms with Gasteiger partial charge in [-0.3, -0.25) is 9.59 Å². The van der Waals surface area contributed by atoms with Gasteiger partial charge in [0, 0.05) is 12.6 Å². The van der Waals surface area contributed by atoms with Gasteiger partial charge in [0.2, 0.25) is 5.76 Å². The molecule has 7 nitrogen and oxygen atoms in total. The summed E-state index contributed by atoms with van der Waals surface area (Å²) < 4.78 is 17.0. The molecule has 0 aliphatic carbocycles. The van der Waals surface area contributed by atoms with Crippen molar-refractivity contribution < 1.29 is 18.7 Å². The molecule has 33 heavy (non-hydrogen) atoms. The number of carbonyl (C=O) groups excluding carboxylic acids is 1. The standard InChI is InChI=1S/C26H30N2O5/c1-16(2)32-18-9-7-17(8-10-18)23-22-24(29)20-12-11-19(31-5)15-21(20)33-25(22)26(30)28(23)14-6-13-27(3)4/h7-12,15-16,23H,6,13-14H2,1-5H3. The molecule has 174 valence electrons. The van der Waals surface area contributed by atoms with Gasteiger partial charge in [-0.1, -0.05) is 12.1 Å². The maximum absolute atomic E-state index is 13.6. The average Bonchev–Trinajstić information content (AvgIpc) is 3.05. The maximum atomic E-state index is 13.6. The van der Waals surface area contributed by atoms with Gasteiger partial charge in [-0.05, 0) is 70.7 Å². The number of rotatable bonds is 8. The van der Waals surface area contributed by atoms with Crippen molar-refractivity contribution in [2.45, 2.75) is 32.4 Å². The molecule has 0 radical (unpaired) electrons. The van der Waals surface area contributed by atoms with E-state index in [2.05, 4.69) is 4.90 Å². The van der Waals surface area contributed by atoms with E-state index < -0.39 is 6.04 Å². The molecule has 3 aromatic rings. The van der Waals surface area contributed by atoms with Gasteiger partial charge in [0.05, 0.1) is 30.2 Å². The molecule has 0 fully saturated rings. The van der Waals surface area contributed by atoms with Gasteiger partial charge in [-0.25, -0.2) is 0 Å². The van der Waals surface area contributed by atoms with E-state index >= 15 is 0 Å². The number of methoxy groups -OCH3 is 1. The summed E-state index contributed by atoms with van der Waals surface area (Å²) >= 11 is 0. The lowest BCUT2D eigenvalue weighted by Crippen LogP contribution is -2.32. The number of hydrogen-bond donors (Lipinski definition) is 0. The summed E-state index contributed by atoms with van der Waals surface area (Å²) in [6.07, 6.45) is 0.835. The number of amides is 1.